The molecule has 1 N–H and O–H groups in total. The number of hydrogen-bond donors (Lipinski definition) is 1. The fourth-order valence-electron chi connectivity index (χ4n) is 2.52. The molecule has 0 aliphatic heterocycles. The van der Waals surface area contributed by atoms with Crippen LogP contribution in [-0.4, -0.2) is 38.3 Å². The van der Waals surface area contributed by atoms with Gasteiger partial charge >= 0.3 is 0 Å². The Labute approximate surface area is 126 Å². The topological polar surface area (TPSA) is 37.4 Å². The number of rotatable bonds is 8. The second kappa shape index (κ2) is 7.96. The van der Waals surface area contributed by atoms with Crippen molar-refractivity contribution in [3.05, 3.63) is 10.6 Å². The summed E-state index contributed by atoms with van der Waals surface area (Å²) in [5, 5.41) is 4.80. The van der Waals surface area contributed by atoms with E-state index < -0.39 is 0 Å². The summed E-state index contributed by atoms with van der Waals surface area (Å²) in [5.41, 5.74) is 1.31. The molecule has 20 heavy (non-hydrogen) atoms. The minimum atomic E-state index is 0.519. The minimum Gasteiger partial charge on any atom is -0.380 e. The third-order valence-electron chi connectivity index (χ3n) is 3.68. The Hall–Kier alpha value is -0.650. The summed E-state index contributed by atoms with van der Waals surface area (Å²) in [6.45, 7) is 7.81. The lowest BCUT2D eigenvalue weighted by Crippen LogP contribution is -2.24. The van der Waals surface area contributed by atoms with Crippen LogP contribution in [0.25, 0.3) is 0 Å². The average Bonchev–Trinajstić information content (AvgIpc) is 2.90. The van der Waals surface area contributed by atoms with Gasteiger partial charge in [0.25, 0.3) is 0 Å². The number of aryl methyl sites for hydroxylation is 1. The standard InChI is InChI=1S/C15H27N3OS/c1-4-9-16-12-7-6-8-13-14(12)20-15(17-13)18(3)10-11-19-5-2/h12,16H,4-11H2,1-3H3. The highest BCUT2D eigenvalue weighted by molar-refractivity contribution is 7.15. The van der Waals surface area contributed by atoms with Crippen molar-refractivity contribution < 1.29 is 4.74 Å². The van der Waals surface area contributed by atoms with E-state index in [1.54, 1.807) is 0 Å². The Morgan fingerprint density at radius 3 is 3.05 bits per heavy atom. The van der Waals surface area contributed by atoms with E-state index in [-0.39, 0.29) is 0 Å². The lowest BCUT2D eigenvalue weighted by atomic mass is 9.98. The van der Waals surface area contributed by atoms with E-state index in [9.17, 15) is 0 Å². The maximum Gasteiger partial charge on any atom is 0.185 e. The fourth-order valence-corrected chi connectivity index (χ4v) is 3.73. The summed E-state index contributed by atoms with van der Waals surface area (Å²) in [7, 11) is 2.11. The van der Waals surface area contributed by atoms with E-state index in [1.807, 2.05) is 18.3 Å². The normalized spacial score (nSPS) is 18.1. The van der Waals surface area contributed by atoms with E-state index in [0.29, 0.717) is 6.04 Å². The maximum absolute atomic E-state index is 5.42. The van der Waals surface area contributed by atoms with Crippen molar-refractivity contribution in [2.75, 3.05) is 38.3 Å². The quantitative estimate of drug-likeness (QED) is 0.749. The Balaban J connectivity index is 2.01. The molecular formula is C15H27N3OS. The number of thiazole rings is 1. The van der Waals surface area contributed by atoms with E-state index >= 15 is 0 Å². The molecule has 0 radical (unpaired) electrons. The zero-order valence-corrected chi connectivity index (χ0v) is 13.8. The van der Waals surface area contributed by atoms with Gasteiger partial charge in [-0.3, -0.25) is 0 Å². The van der Waals surface area contributed by atoms with Gasteiger partial charge in [-0.1, -0.05) is 18.3 Å². The summed E-state index contributed by atoms with van der Waals surface area (Å²) >= 11 is 1.86. The van der Waals surface area contributed by atoms with Crippen LogP contribution in [0.3, 0.4) is 0 Å². The molecule has 114 valence electrons. The molecule has 2 rings (SSSR count). The van der Waals surface area contributed by atoms with E-state index in [2.05, 4.69) is 24.2 Å². The molecule has 4 nitrogen and oxygen atoms in total. The molecule has 1 unspecified atom stereocenters. The second-order valence-corrected chi connectivity index (χ2v) is 6.33. The van der Waals surface area contributed by atoms with Crippen LogP contribution in [0.2, 0.25) is 0 Å². The van der Waals surface area contributed by atoms with Gasteiger partial charge in [0.2, 0.25) is 0 Å². The number of anilines is 1. The maximum atomic E-state index is 5.42. The van der Waals surface area contributed by atoms with Crippen LogP contribution < -0.4 is 10.2 Å². The smallest absolute Gasteiger partial charge is 0.185 e. The molecule has 1 aliphatic carbocycles. The number of likely N-dealkylation sites (N-methyl/N-ethyl adjacent to an activating group) is 1. The first-order valence-corrected chi connectivity index (χ1v) is 8.59. The minimum absolute atomic E-state index is 0.519. The van der Waals surface area contributed by atoms with E-state index in [1.165, 1.54) is 29.8 Å². The zero-order valence-electron chi connectivity index (χ0n) is 12.9. The van der Waals surface area contributed by atoms with Gasteiger partial charge in [-0.25, -0.2) is 4.98 Å². The average molecular weight is 297 g/mol. The second-order valence-electron chi connectivity index (χ2n) is 5.32. The fraction of sp³-hybridized carbons (Fsp3) is 0.800. The van der Waals surface area contributed by atoms with Crippen LogP contribution in [0.5, 0.6) is 0 Å². The van der Waals surface area contributed by atoms with E-state index in [0.717, 1.165) is 37.9 Å². The molecule has 0 saturated heterocycles. The SMILES string of the molecule is CCCNC1CCCc2nc(N(C)CCOCC)sc21. The molecule has 5 heteroatoms. The Morgan fingerprint density at radius 2 is 2.30 bits per heavy atom. The molecule has 0 bridgehead atoms. The van der Waals surface area contributed by atoms with Gasteiger partial charge in [0, 0.05) is 31.1 Å². The first-order chi connectivity index (χ1) is 9.76. The van der Waals surface area contributed by atoms with Crippen LogP contribution in [-0.2, 0) is 11.2 Å². The summed E-state index contributed by atoms with van der Waals surface area (Å²) < 4.78 is 5.42. The number of nitrogens with zero attached hydrogens (tertiary/aromatic N) is 2. The highest BCUT2D eigenvalue weighted by atomic mass is 32.1. The molecule has 0 aromatic carbocycles. The van der Waals surface area contributed by atoms with Gasteiger partial charge in [0.1, 0.15) is 0 Å². The van der Waals surface area contributed by atoms with Gasteiger partial charge in [-0.05, 0) is 39.2 Å². The van der Waals surface area contributed by atoms with Crippen LogP contribution in [0, 0.1) is 0 Å². The summed E-state index contributed by atoms with van der Waals surface area (Å²) in [6.07, 6.45) is 4.82. The number of hydrogen-bond acceptors (Lipinski definition) is 5. The lowest BCUT2D eigenvalue weighted by molar-refractivity contribution is 0.154. The Kier molecular flexibility index (Phi) is 6.26. The Morgan fingerprint density at radius 1 is 1.45 bits per heavy atom. The molecule has 1 aliphatic rings. The Bertz CT molecular complexity index is 408. The van der Waals surface area contributed by atoms with Crippen LogP contribution in [0.4, 0.5) is 5.13 Å². The van der Waals surface area contributed by atoms with Crippen LogP contribution in [0.1, 0.15) is 49.7 Å². The third-order valence-corrected chi connectivity index (χ3v) is 5.01. The van der Waals surface area contributed by atoms with Crippen molar-refractivity contribution in [2.45, 2.75) is 45.6 Å². The number of nitrogens with one attached hydrogen (secondary N) is 1. The molecular weight excluding hydrogens is 270 g/mol. The van der Waals surface area contributed by atoms with Crippen molar-refractivity contribution in [3.8, 4) is 0 Å². The van der Waals surface area contributed by atoms with Gasteiger partial charge in [0.05, 0.1) is 12.3 Å². The van der Waals surface area contributed by atoms with Crippen LogP contribution >= 0.6 is 11.3 Å². The molecule has 0 amide bonds. The first kappa shape index (κ1) is 15.7. The van der Waals surface area contributed by atoms with Gasteiger partial charge in [-0.15, -0.1) is 0 Å². The monoisotopic (exact) mass is 297 g/mol. The summed E-state index contributed by atoms with van der Waals surface area (Å²) in [6, 6.07) is 0.519. The van der Waals surface area contributed by atoms with Crippen molar-refractivity contribution in [1.29, 1.82) is 0 Å². The molecule has 0 spiro atoms. The predicted molar refractivity (Wildman–Crippen MR) is 85.8 cm³/mol. The van der Waals surface area contributed by atoms with Gasteiger partial charge in [-0.2, -0.15) is 0 Å². The van der Waals surface area contributed by atoms with Crippen LogP contribution in [0.15, 0.2) is 0 Å². The number of ether oxygens (including phenoxy) is 1. The number of aromatic nitrogens is 1. The van der Waals surface area contributed by atoms with Crippen molar-refractivity contribution in [2.24, 2.45) is 0 Å². The van der Waals surface area contributed by atoms with Crippen molar-refractivity contribution in [3.63, 3.8) is 0 Å². The lowest BCUT2D eigenvalue weighted by Gasteiger charge is -2.22. The third kappa shape index (κ3) is 3.93. The van der Waals surface area contributed by atoms with Crippen molar-refractivity contribution in [1.82, 2.24) is 10.3 Å². The molecule has 1 aromatic rings. The highest BCUT2D eigenvalue weighted by Gasteiger charge is 2.24. The zero-order chi connectivity index (χ0) is 14.4. The molecule has 0 saturated carbocycles. The molecule has 0 fully saturated rings. The van der Waals surface area contributed by atoms with Crippen molar-refractivity contribution >= 4 is 16.5 Å². The summed E-state index contributed by atoms with van der Waals surface area (Å²) in [4.78, 5) is 8.52. The highest BCUT2D eigenvalue weighted by Crippen LogP contribution is 2.37. The van der Waals surface area contributed by atoms with Gasteiger partial charge < -0.3 is 15.0 Å². The predicted octanol–water partition coefficient (Wildman–Crippen LogP) is 2.99. The first-order valence-electron chi connectivity index (χ1n) is 7.78. The largest absolute Gasteiger partial charge is 0.380 e. The molecule has 1 heterocycles. The van der Waals surface area contributed by atoms with E-state index in [4.69, 9.17) is 9.72 Å². The molecule has 1 aromatic heterocycles. The van der Waals surface area contributed by atoms with Gasteiger partial charge in [0.15, 0.2) is 5.13 Å². The molecule has 1 atom stereocenters. The summed E-state index contributed by atoms with van der Waals surface area (Å²) in [5.74, 6) is 0. The number of fused-ring (bicyclic) bond motifs is 1.